The van der Waals surface area contributed by atoms with Crippen LogP contribution in [0.3, 0.4) is 0 Å². The predicted octanol–water partition coefficient (Wildman–Crippen LogP) is 1.45. The minimum absolute atomic E-state index is 0.667. The lowest BCUT2D eigenvalue weighted by Crippen LogP contribution is -2.27. The Labute approximate surface area is 55.2 Å². The predicted molar refractivity (Wildman–Crippen MR) is 39.1 cm³/mol. The molecule has 0 amide bonds. The molecule has 3 unspecified atom stereocenters. The van der Waals surface area contributed by atoms with Gasteiger partial charge in [0.25, 0.3) is 0 Å². The van der Waals surface area contributed by atoms with Gasteiger partial charge in [0.05, 0.1) is 5.37 Å². The third-order valence-corrected chi connectivity index (χ3v) is 3.00. The van der Waals surface area contributed by atoms with Crippen LogP contribution in [0, 0.1) is 0 Å². The van der Waals surface area contributed by atoms with Crippen molar-refractivity contribution >= 4 is 11.8 Å². The van der Waals surface area contributed by atoms with E-state index in [1.54, 1.807) is 0 Å². The Kier molecular flexibility index (Phi) is 1.83. The standard InChI is InChI=1S/C6H13NS/c1-4-5(2)8-6(3)7-4/h4-7H,1-3H3. The maximum Gasteiger partial charge on any atom is 0.0509 e. The fourth-order valence-electron chi connectivity index (χ4n) is 0.985. The summed E-state index contributed by atoms with van der Waals surface area (Å²) in [5.41, 5.74) is 0. The van der Waals surface area contributed by atoms with E-state index in [1.165, 1.54) is 0 Å². The van der Waals surface area contributed by atoms with E-state index in [1.807, 2.05) is 11.8 Å². The number of rotatable bonds is 0. The smallest absolute Gasteiger partial charge is 0.0509 e. The molecule has 0 spiro atoms. The van der Waals surface area contributed by atoms with Gasteiger partial charge in [-0.1, -0.05) is 6.92 Å². The lowest BCUT2D eigenvalue weighted by atomic mass is 10.2. The zero-order chi connectivity index (χ0) is 6.15. The summed E-state index contributed by atoms with van der Waals surface area (Å²) in [5.74, 6) is 0. The zero-order valence-corrected chi connectivity index (χ0v) is 6.46. The maximum absolute atomic E-state index is 3.43. The highest BCUT2D eigenvalue weighted by Gasteiger charge is 2.23. The molecule has 0 saturated carbocycles. The summed E-state index contributed by atoms with van der Waals surface area (Å²) in [6.45, 7) is 6.72. The molecular formula is C6H13NS. The first-order valence-corrected chi connectivity index (χ1v) is 4.06. The van der Waals surface area contributed by atoms with E-state index >= 15 is 0 Å². The molecule has 1 saturated heterocycles. The Morgan fingerprint density at radius 1 is 1.25 bits per heavy atom. The maximum atomic E-state index is 3.43. The first-order chi connectivity index (χ1) is 3.70. The van der Waals surface area contributed by atoms with Gasteiger partial charge in [-0.15, -0.1) is 11.8 Å². The third-order valence-electron chi connectivity index (χ3n) is 1.62. The molecule has 0 aromatic heterocycles. The van der Waals surface area contributed by atoms with Crippen LogP contribution in [0.5, 0.6) is 0 Å². The quantitative estimate of drug-likeness (QED) is 0.534. The number of thioether (sulfide) groups is 1. The van der Waals surface area contributed by atoms with E-state index in [0.29, 0.717) is 11.4 Å². The minimum atomic E-state index is 0.667. The average molecular weight is 131 g/mol. The van der Waals surface area contributed by atoms with Crippen molar-refractivity contribution in [2.24, 2.45) is 0 Å². The van der Waals surface area contributed by atoms with Crippen LogP contribution >= 0.6 is 11.8 Å². The van der Waals surface area contributed by atoms with Crippen LogP contribution in [0.4, 0.5) is 0 Å². The van der Waals surface area contributed by atoms with Crippen molar-refractivity contribution in [1.82, 2.24) is 5.32 Å². The molecule has 1 aliphatic rings. The lowest BCUT2D eigenvalue weighted by molar-refractivity contribution is 0.580. The Hall–Kier alpha value is 0.310. The SMILES string of the molecule is CC1NC(C)C(C)S1. The molecule has 0 aliphatic carbocycles. The third kappa shape index (κ3) is 1.17. The van der Waals surface area contributed by atoms with Gasteiger partial charge in [-0.2, -0.15) is 0 Å². The number of hydrogen-bond donors (Lipinski definition) is 1. The molecule has 1 nitrogen and oxygen atoms in total. The molecule has 48 valence electrons. The van der Waals surface area contributed by atoms with Crippen LogP contribution in [0.25, 0.3) is 0 Å². The molecule has 1 heterocycles. The first kappa shape index (κ1) is 6.43. The number of nitrogens with one attached hydrogen (secondary N) is 1. The highest BCUT2D eigenvalue weighted by molar-refractivity contribution is 8.00. The van der Waals surface area contributed by atoms with Gasteiger partial charge in [0.15, 0.2) is 0 Å². The van der Waals surface area contributed by atoms with Crippen LogP contribution in [0.15, 0.2) is 0 Å². The summed E-state index contributed by atoms with van der Waals surface area (Å²) in [4.78, 5) is 0. The van der Waals surface area contributed by atoms with E-state index in [9.17, 15) is 0 Å². The molecule has 0 radical (unpaired) electrons. The summed E-state index contributed by atoms with van der Waals surface area (Å²) in [5, 5.41) is 4.89. The van der Waals surface area contributed by atoms with Crippen LogP contribution in [0.2, 0.25) is 0 Å². The Balaban J connectivity index is 2.39. The summed E-state index contributed by atoms with van der Waals surface area (Å²) in [7, 11) is 0. The van der Waals surface area contributed by atoms with Gasteiger partial charge in [0.1, 0.15) is 0 Å². The molecule has 1 aliphatic heterocycles. The van der Waals surface area contributed by atoms with Crippen molar-refractivity contribution in [2.75, 3.05) is 0 Å². The fraction of sp³-hybridized carbons (Fsp3) is 1.00. The van der Waals surface area contributed by atoms with Crippen LogP contribution in [-0.2, 0) is 0 Å². The van der Waals surface area contributed by atoms with Gasteiger partial charge in [-0.3, -0.25) is 0 Å². The molecule has 3 atom stereocenters. The van der Waals surface area contributed by atoms with Crippen molar-refractivity contribution in [2.45, 2.75) is 37.4 Å². The van der Waals surface area contributed by atoms with E-state index in [0.717, 1.165) is 5.25 Å². The second kappa shape index (κ2) is 2.28. The summed E-state index contributed by atoms with van der Waals surface area (Å²) in [6, 6.07) is 0.704. The van der Waals surface area contributed by atoms with Crippen molar-refractivity contribution in [3.8, 4) is 0 Å². The molecule has 0 aromatic carbocycles. The molecular weight excluding hydrogens is 118 g/mol. The average Bonchev–Trinajstić information content (AvgIpc) is 1.85. The van der Waals surface area contributed by atoms with Crippen molar-refractivity contribution < 1.29 is 0 Å². The van der Waals surface area contributed by atoms with Crippen LogP contribution in [0.1, 0.15) is 20.8 Å². The summed E-state index contributed by atoms with van der Waals surface area (Å²) >= 11 is 2.02. The number of hydrogen-bond acceptors (Lipinski definition) is 2. The molecule has 2 heteroatoms. The van der Waals surface area contributed by atoms with Gasteiger partial charge >= 0.3 is 0 Å². The monoisotopic (exact) mass is 131 g/mol. The Morgan fingerprint density at radius 2 is 1.88 bits per heavy atom. The molecule has 0 bridgehead atoms. The molecule has 8 heavy (non-hydrogen) atoms. The summed E-state index contributed by atoms with van der Waals surface area (Å²) in [6.07, 6.45) is 0. The minimum Gasteiger partial charge on any atom is -0.302 e. The second-order valence-electron chi connectivity index (χ2n) is 2.44. The second-order valence-corrected chi connectivity index (χ2v) is 4.16. The van der Waals surface area contributed by atoms with Gasteiger partial charge in [-0.05, 0) is 13.8 Å². The fourth-order valence-corrected chi connectivity index (χ4v) is 2.24. The van der Waals surface area contributed by atoms with E-state index < -0.39 is 0 Å². The van der Waals surface area contributed by atoms with Gasteiger partial charge in [0.2, 0.25) is 0 Å². The van der Waals surface area contributed by atoms with Gasteiger partial charge in [0, 0.05) is 11.3 Å². The lowest BCUT2D eigenvalue weighted by Gasteiger charge is -2.04. The van der Waals surface area contributed by atoms with Crippen molar-refractivity contribution in [3.63, 3.8) is 0 Å². The van der Waals surface area contributed by atoms with Crippen molar-refractivity contribution in [1.29, 1.82) is 0 Å². The van der Waals surface area contributed by atoms with E-state index in [-0.39, 0.29) is 0 Å². The first-order valence-electron chi connectivity index (χ1n) is 3.11. The topological polar surface area (TPSA) is 12.0 Å². The zero-order valence-electron chi connectivity index (χ0n) is 5.64. The van der Waals surface area contributed by atoms with Crippen LogP contribution in [-0.4, -0.2) is 16.7 Å². The van der Waals surface area contributed by atoms with Crippen molar-refractivity contribution in [3.05, 3.63) is 0 Å². The van der Waals surface area contributed by atoms with Gasteiger partial charge in [-0.25, -0.2) is 0 Å². The molecule has 0 aromatic rings. The van der Waals surface area contributed by atoms with E-state index in [4.69, 9.17) is 0 Å². The molecule has 1 N–H and O–H groups in total. The normalized spacial score (nSPS) is 47.6. The Bertz CT molecular complexity index is 74.6. The largest absolute Gasteiger partial charge is 0.302 e. The highest BCUT2D eigenvalue weighted by atomic mass is 32.2. The highest BCUT2D eigenvalue weighted by Crippen LogP contribution is 2.25. The summed E-state index contributed by atoms with van der Waals surface area (Å²) < 4.78 is 0. The molecule has 1 rings (SSSR count). The van der Waals surface area contributed by atoms with E-state index in [2.05, 4.69) is 26.1 Å². The van der Waals surface area contributed by atoms with Gasteiger partial charge < -0.3 is 5.32 Å². The van der Waals surface area contributed by atoms with Crippen LogP contribution < -0.4 is 5.32 Å². The Morgan fingerprint density at radius 3 is 2.00 bits per heavy atom. The molecule has 1 fully saturated rings.